The lowest BCUT2D eigenvalue weighted by Gasteiger charge is -2.09. The van der Waals surface area contributed by atoms with Gasteiger partial charge in [0.05, 0.1) is 11.4 Å². The van der Waals surface area contributed by atoms with E-state index in [9.17, 15) is 4.39 Å². The van der Waals surface area contributed by atoms with E-state index in [1.54, 1.807) is 10.7 Å². The van der Waals surface area contributed by atoms with Gasteiger partial charge in [-0.05, 0) is 24.6 Å². The average Bonchev–Trinajstić information content (AvgIpc) is 2.92. The number of alkyl halides is 1. The first-order valence-corrected chi connectivity index (χ1v) is 7.12. The van der Waals surface area contributed by atoms with Crippen molar-refractivity contribution in [1.29, 1.82) is 0 Å². The maximum atomic E-state index is 13.3. The summed E-state index contributed by atoms with van der Waals surface area (Å²) in [7, 11) is 0. The van der Waals surface area contributed by atoms with E-state index < -0.39 is 0 Å². The van der Waals surface area contributed by atoms with Crippen LogP contribution in [0.3, 0.4) is 0 Å². The zero-order valence-corrected chi connectivity index (χ0v) is 12.4. The maximum absolute atomic E-state index is 13.3. The van der Waals surface area contributed by atoms with E-state index in [4.69, 9.17) is 16.3 Å². The second-order valence-corrected chi connectivity index (χ2v) is 4.53. The lowest BCUT2D eigenvalue weighted by atomic mass is 10.2. The van der Waals surface area contributed by atoms with E-state index in [0.29, 0.717) is 11.3 Å². The van der Waals surface area contributed by atoms with Gasteiger partial charge in [-0.25, -0.2) is 14.1 Å². The first-order chi connectivity index (χ1) is 10.2. The van der Waals surface area contributed by atoms with Gasteiger partial charge in [-0.15, -0.1) is 11.6 Å². The van der Waals surface area contributed by atoms with Crippen molar-refractivity contribution in [2.75, 3.05) is 5.88 Å². The van der Waals surface area contributed by atoms with Crippen LogP contribution in [0.2, 0.25) is 0 Å². The Balaban J connectivity index is 2.14. The molecular formula is C15H15ClFN3O. The predicted molar refractivity (Wildman–Crippen MR) is 78.6 cm³/mol. The second-order valence-electron chi connectivity index (χ2n) is 4.26. The number of ether oxygens (including phenoxy) is 1. The minimum atomic E-state index is -0.365. The fourth-order valence-electron chi connectivity index (χ4n) is 1.80. The van der Waals surface area contributed by atoms with Crippen LogP contribution in [0.4, 0.5) is 4.39 Å². The van der Waals surface area contributed by atoms with Crippen LogP contribution in [-0.2, 0) is 13.2 Å². The van der Waals surface area contributed by atoms with Crippen LogP contribution < -0.4 is 4.74 Å². The van der Waals surface area contributed by atoms with Crippen LogP contribution in [0.5, 0.6) is 5.75 Å². The van der Waals surface area contributed by atoms with Crippen molar-refractivity contribution in [2.45, 2.75) is 26.5 Å². The maximum Gasteiger partial charge on any atom is 0.164 e. The van der Waals surface area contributed by atoms with Crippen molar-refractivity contribution in [3.8, 4) is 17.6 Å². The SMILES string of the molecule is CCCn1ncnc1COc1ccc(F)cc1C#CCCl. The molecule has 0 spiro atoms. The zero-order chi connectivity index (χ0) is 15.1. The lowest BCUT2D eigenvalue weighted by Crippen LogP contribution is -2.09. The number of benzene rings is 1. The molecule has 0 amide bonds. The number of aromatic nitrogens is 3. The Morgan fingerprint density at radius 1 is 1.43 bits per heavy atom. The molecule has 0 aliphatic rings. The Kier molecular flexibility index (Phi) is 5.59. The highest BCUT2D eigenvalue weighted by Crippen LogP contribution is 2.19. The Morgan fingerprint density at radius 3 is 3.05 bits per heavy atom. The third-order valence-electron chi connectivity index (χ3n) is 2.72. The lowest BCUT2D eigenvalue weighted by molar-refractivity contribution is 0.285. The average molecular weight is 308 g/mol. The normalized spacial score (nSPS) is 10.0. The molecule has 21 heavy (non-hydrogen) atoms. The molecule has 1 aromatic carbocycles. The van der Waals surface area contributed by atoms with Crippen molar-refractivity contribution in [3.63, 3.8) is 0 Å². The van der Waals surface area contributed by atoms with Gasteiger partial charge in [-0.1, -0.05) is 18.8 Å². The van der Waals surface area contributed by atoms with Gasteiger partial charge in [-0.2, -0.15) is 5.10 Å². The monoisotopic (exact) mass is 307 g/mol. The van der Waals surface area contributed by atoms with Gasteiger partial charge in [0.1, 0.15) is 24.5 Å². The summed E-state index contributed by atoms with van der Waals surface area (Å²) in [5.74, 6) is 6.51. The number of nitrogens with zero attached hydrogens (tertiary/aromatic N) is 3. The van der Waals surface area contributed by atoms with Gasteiger partial charge >= 0.3 is 0 Å². The van der Waals surface area contributed by atoms with E-state index in [2.05, 4.69) is 28.8 Å². The van der Waals surface area contributed by atoms with Crippen LogP contribution in [0.1, 0.15) is 24.7 Å². The standard InChI is InChI=1S/C15H15ClFN3O/c1-2-8-20-15(18-11-19-20)10-21-14-6-5-13(17)9-12(14)4-3-7-16/h5-6,9,11H,2,7-8,10H2,1H3. The van der Waals surface area contributed by atoms with Crippen molar-refractivity contribution in [1.82, 2.24) is 14.8 Å². The van der Waals surface area contributed by atoms with Crippen molar-refractivity contribution in [2.24, 2.45) is 0 Å². The Morgan fingerprint density at radius 2 is 2.29 bits per heavy atom. The smallest absolute Gasteiger partial charge is 0.164 e. The van der Waals surface area contributed by atoms with Crippen LogP contribution in [0.25, 0.3) is 0 Å². The largest absolute Gasteiger partial charge is 0.484 e. The van der Waals surface area contributed by atoms with Crippen molar-refractivity contribution in [3.05, 3.63) is 41.7 Å². The van der Waals surface area contributed by atoms with Gasteiger partial charge in [0.25, 0.3) is 0 Å². The third kappa shape index (κ3) is 4.20. The molecule has 110 valence electrons. The molecule has 2 rings (SSSR count). The predicted octanol–water partition coefficient (Wildman–Crippen LogP) is 3.00. The van der Waals surface area contributed by atoms with Crippen molar-refractivity contribution < 1.29 is 9.13 Å². The molecule has 0 atom stereocenters. The van der Waals surface area contributed by atoms with Gasteiger partial charge in [-0.3, -0.25) is 0 Å². The first kappa shape index (κ1) is 15.3. The number of halogens is 2. The summed E-state index contributed by atoms with van der Waals surface area (Å²) in [5.41, 5.74) is 0.470. The van der Waals surface area contributed by atoms with E-state index >= 15 is 0 Å². The summed E-state index contributed by atoms with van der Waals surface area (Å²) < 4.78 is 20.7. The fourth-order valence-corrected chi connectivity index (χ4v) is 1.86. The van der Waals surface area contributed by atoms with Gasteiger partial charge in [0, 0.05) is 6.54 Å². The molecule has 0 saturated heterocycles. The molecule has 1 aromatic heterocycles. The van der Waals surface area contributed by atoms with Gasteiger partial charge in [0.2, 0.25) is 0 Å². The summed E-state index contributed by atoms with van der Waals surface area (Å²) in [6.07, 6.45) is 2.45. The highest BCUT2D eigenvalue weighted by molar-refractivity contribution is 6.19. The van der Waals surface area contributed by atoms with Crippen LogP contribution in [0, 0.1) is 17.7 Å². The quantitative estimate of drug-likeness (QED) is 0.630. The molecule has 4 nitrogen and oxygen atoms in total. The third-order valence-corrected chi connectivity index (χ3v) is 2.85. The molecular weight excluding hydrogens is 293 g/mol. The minimum absolute atomic E-state index is 0.181. The van der Waals surface area contributed by atoms with E-state index in [1.807, 2.05) is 0 Å². The molecule has 0 fully saturated rings. The molecule has 0 saturated carbocycles. The number of hydrogen-bond acceptors (Lipinski definition) is 3. The molecule has 0 aliphatic heterocycles. The Labute approximate surface area is 127 Å². The van der Waals surface area contributed by atoms with Crippen LogP contribution in [-0.4, -0.2) is 20.6 Å². The first-order valence-electron chi connectivity index (χ1n) is 6.58. The minimum Gasteiger partial charge on any atom is -0.484 e. The summed E-state index contributed by atoms with van der Waals surface area (Å²) in [5, 5.41) is 4.12. The molecule has 2 aromatic rings. The fraction of sp³-hybridized carbons (Fsp3) is 0.333. The summed E-state index contributed by atoms with van der Waals surface area (Å²) >= 11 is 5.53. The van der Waals surface area contributed by atoms with Crippen LogP contribution in [0.15, 0.2) is 24.5 Å². The molecule has 0 radical (unpaired) electrons. The zero-order valence-electron chi connectivity index (χ0n) is 11.6. The number of aryl methyl sites for hydroxylation is 1. The summed E-state index contributed by atoms with van der Waals surface area (Å²) in [4.78, 5) is 4.15. The Hall–Kier alpha value is -2.06. The Bertz CT molecular complexity index is 660. The van der Waals surface area contributed by atoms with Gasteiger partial charge < -0.3 is 4.74 Å². The van der Waals surface area contributed by atoms with Gasteiger partial charge in [0.15, 0.2) is 5.82 Å². The number of rotatable bonds is 5. The molecule has 0 unspecified atom stereocenters. The molecule has 0 N–H and O–H groups in total. The topological polar surface area (TPSA) is 39.9 Å². The number of hydrogen-bond donors (Lipinski definition) is 0. The van der Waals surface area contributed by atoms with E-state index in [-0.39, 0.29) is 18.3 Å². The molecule has 6 heteroatoms. The van der Waals surface area contributed by atoms with E-state index in [0.717, 1.165) is 18.8 Å². The van der Waals surface area contributed by atoms with E-state index in [1.165, 1.54) is 18.5 Å². The molecule has 1 heterocycles. The molecule has 0 aliphatic carbocycles. The summed E-state index contributed by atoms with van der Waals surface area (Å²) in [6, 6.07) is 4.21. The second kappa shape index (κ2) is 7.65. The van der Waals surface area contributed by atoms with Crippen LogP contribution >= 0.6 is 11.6 Å². The highest BCUT2D eigenvalue weighted by atomic mass is 35.5. The molecule has 0 bridgehead atoms. The summed E-state index contributed by atoms with van der Waals surface area (Å²) in [6.45, 7) is 3.09. The van der Waals surface area contributed by atoms with Crippen molar-refractivity contribution >= 4 is 11.6 Å². The highest BCUT2D eigenvalue weighted by Gasteiger charge is 2.07.